The molecule has 0 saturated carbocycles. The fourth-order valence-electron chi connectivity index (χ4n) is 2.09. The second kappa shape index (κ2) is 9.26. The number of halogens is 6. The highest BCUT2D eigenvalue weighted by molar-refractivity contribution is 6.67. The van der Waals surface area contributed by atoms with E-state index in [9.17, 15) is 0 Å². The standard InChI is InChI=1S/C15H16Cl6N4O/c1-5-10(8(3)6-7(2)9(4)25-26)11-22-12(14(16,17)18)24-13(23-11)15(19,20)21/h5,8,26H,2,6H2,1,3-4H3/b10-5+,25-9-. The summed E-state index contributed by atoms with van der Waals surface area (Å²) in [6.07, 6.45) is 2.27. The molecule has 0 fully saturated rings. The summed E-state index contributed by atoms with van der Waals surface area (Å²) in [4.78, 5) is 12.4. The van der Waals surface area contributed by atoms with Crippen molar-refractivity contribution in [1.82, 2.24) is 15.0 Å². The maximum Gasteiger partial charge on any atom is 0.250 e. The molecule has 5 nitrogen and oxygen atoms in total. The fourth-order valence-corrected chi connectivity index (χ4v) is 2.60. The highest BCUT2D eigenvalue weighted by atomic mass is 35.6. The van der Waals surface area contributed by atoms with Gasteiger partial charge < -0.3 is 5.21 Å². The van der Waals surface area contributed by atoms with Crippen LogP contribution in [0.4, 0.5) is 0 Å². The lowest BCUT2D eigenvalue weighted by Crippen LogP contribution is -2.19. The fraction of sp³-hybridized carbons (Fsp3) is 0.467. The molecule has 1 N–H and O–H groups in total. The molecule has 0 radical (unpaired) electrons. The predicted molar refractivity (Wildman–Crippen MR) is 110 cm³/mol. The lowest BCUT2D eigenvalue weighted by Gasteiger charge is -2.20. The van der Waals surface area contributed by atoms with Crippen LogP contribution in [0.3, 0.4) is 0 Å². The number of alkyl halides is 6. The zero-order valence-corrected chi connectivity index (χ0v) is 18.6. The summed E-state index contributed by atoms with van der Waals surface area (Å²) in [6.45, 7) is 9.26. The van der Waals surface area contributed by atoms with Crippen LogP contribution < -0.4 is 0 Å². The molecule has 1 unspecified atom stereocenters. The number of oxime groups is 1. The number of rotatable bonds is 5. The monoisotopic (exact) mass is 478 g/mol. The van der Waals surface area contributed by atoms with Crippen molar-refractivity contribution in [2.45, 2.75) is 34.8 Å². The van der Waals surface area contributed by atoms with Gasteiger partial charge in [0.2, 0.25) is 7.59 Å². The summed E-state index contributed by atoms with van der Waals surface area (Å²) in [5.41, 5.74) is 1.77. The Morgan fingerprint density at radius 1 is 1.12 bits per heavy atom. The van der Waals surface area contributed by atoms with Crippen LogP contribution in [-0.4, -0.2) is 25.9 Å². The van der Waals surface area contributed by atoms with E-state index in [1.807, 2.05) is 6.92 Å². The van der Waals surface area contributed by atoms with Gasteiger partial charge in [-0.25, -0.2) is 15.0 Å². The number of hydrogen-bond acceptors (Lipinski definition) is 5. The van der Waals surface area contributed by atoms with Crippen LogP contribution in [0.25, 0.3) is 5.57 Å². The molecule has 1 aromatic heterocycles. The Balaban J connectivity index is 3.40. The highest BCUT2D eigenvalue weighted by Crippen LogP contribution is 2.41. The molecule has 0 aliphatic heterocycles. The third-order valence-corrected chi connectivity index (χ3v) is 4.47. The number of aromatic nitrogens is 3. The normalized spacial score (nSPS) is 15.1. The highest BCUT2D eigenvalue weighted by Gasteiger charge is 2.34. The van der Waals surface area contributed by atoms with E-state index >= 15 is 0 Å². The van der Waals surface area contributed by atoms with Gasteiger partial charge in [0.25, 0.3) is 0 Å². The second-order valence-corrected chi connectivity index (χ2v) is 10.0. The molecule has 144 valence electrons. The summed E-state index contributed by atoms with van der Waals surface area (Å²) in [5.74, 6) is -0.221. The van der Waals surface area contributed by atoms with Crippen LogP contribution in [0.2, 0.25) is 0 Å². The molecule has 0 aromatic carbocycles. The van der Waals surface area contributed by atoms with Crippen LogP contribution in [0.5, 0.6) is 0 Å². The van der Waals surface area contributed by atoms with E-state index in [0.717, 1.165) is 0 Å². The second-order valence-electron chi connectivity index (χ2n) is 5.44. The maximum atomic E-state index is 8.87. The Labute approximate surface area is 182 Å². The van der Waals surface area contributed by atoms with Gasteiger partial charge in [-0.1, -0.05) is 94.3 Å². The van der Waals surface area contributed by atoms with Crippen molar-refractivity contribution in [1.29, 1.82) is 0 Å². The number of allylic oxidation sites excluding steroid dienone is 3. The average molecular weight is 481 g/mol. The first kappa shape index (κ1) is 23.7. The summed E-state index contributed by atoms with van der Waals surface area (Å²) >= 11 is 35.4. The first-order valence-corrected chi connectivity index (χ1v) is 9.51. The van der Waals surface area contributed by atoms with E-state index in [0.29, 0.717) is 23.3 Å². The van der Waals surface area contributed by atoms with E-state index in [2.05, 4.69) is 26.7 Å². The maximum absolute atomic E-state index is 8.87. The van der Waals surface area contributed by atoms with E-state index in [-0.39, 0.29) is 23.4 Å². The van der Waals surface area contributed by atoms with E-state index < -0.39 is 7.59 Å². The zero-order valence-electron chi connectivity index (χ0n) is 14.1. The molecule has 11 heteroatoms. The van der Waals surface area contributed by atoms with E-state index in [1.165, 1.54) is 0 Å². The van der Waals surface area contributed by atoms with Crippen molar-refractivity contribution in [3.63, 3.8) is 0 Å². The van der Waals surface area contributed by atoms with Gasteiger partial charge in [-0.3, -0.25) is 0 Å². The molecule has 1 heterocycles. The summed E-state index contributed by atoms with van der Waals surface area (Å²) in [5, 5.41) is 12.0. The van der Waals surface area contributed by atoms with Crippen LogP contribution >= 0.6 is 69.6 Å². The van der Waals surface area contributed by atoms with E-state index in [1.54, 1.807) is 19.9 Å². The van der Waals surface area contributed by atoms with Crippen molar-refractivity contribution < 1.29 is 5.21 Å². The third kappa shape index (κ3) is 6.39. The first-order valence-electron chi connectivity index (χ1n) is 7.25. The zero-order chi connectivity index (χ0) is 20.3. The number of hydrogen-bond donors (Lipinski definition) is 1. The van der Waals surface area contributed by atoms with Gasteiger partial charge in [-0.15, -0.1) is 0 Å². The lowest BCUT2D eigenvalue weighted by atomic mass is 9.91. The Bertz CT molecular complexity index is 704. The molecule has 0 aliphatic rings. The van der Waals surface area contributed by atoms with Crippen molar-refractivity contribution in [3.8, 4) is 0 Å². The average Bonchev–Trinajstić information content (AvgIpc) is 2.52. The largest absolute Gasteiger partial charge is 0.411 e. The molecule has 0 saturated heterocycles. The smallest absolute Gasteiger partial charge is 0.250 e. The summed E-state index contributed by atoms with van der Waals surface area (Å²) in [7, 11) is 0. The van der Waals surface area contributed by atoms with Gasteiger partial charge in [-0.05, 0) is 37.3 Å². The van der Waals surface area contributed by atoms with Gasteiger partial charge in [0.15, 0.2) is 17.5 Å². The Hall–Kier alpha value is -0.300. The Kier molecular flexibility index (Phi) is 8.46. The van der Waals surface area contributed by atoms with Crippen molar-refractivity contribution in [2.24, 2.45) is 11.1 Å². The Morgan fingerprint density at radius 3 is 1.92 bits per heavy atom. The lowest BCUT2D eigenvalue weighted by molar-refractivity contribution is 0.318. The minimum absolute atomic E-state index is 0.113. The van der Waals surface area contributed by atoms with Crippen LogP contribution in [0.1, 0.15) is 44.7 Å². The topological polar surface area (TPSA) is 71.3 Å². The van der Waals surface area contributed by atoms with Crippen molar-refractivity contribution in [3.05, 3.63) is 35.7 Å². The quantitative estimate of drug-likeness (QED) is 0.230. The predicted octanol–water partition coefficient (Wildman–Crippen LogP) is 6.36. The first-order chi connectivity index (χ1) is 11.8. The van der Waals surface area contributed by atoms with Gasteiger partial charge in [0.1, 0.15) is 0 Å². The minimum atomic E-state index is -1.92. The molecule has 1 atom stereocenters. The third-order valence-electron chi connectivity index (χ3n) is 3.46. The molecule has 0 amide bonds. The summed E-state index contributed by atoms with van der Waals surface area (Å²) < 4.78 is -3.84. The van der Waals surface area contributed by atoms with Crippen molar-refractivity contribution >= 4 is 80.9 Å². The summed E-state index contributed by atoms with van der Waals surface area (Å²) in [6, 6.07) is 0. The molecule has 0 bridgehead atoms. The molecule has 0 spiro atoms. The van der Waals surface area contributed by atoms with Gasteiger partial charge in [0.05, 0.1) is 5.71 Å². The molecule has 26 heavy (non-hydrogen) atoms. The number of nitrogens with zero attached hydrogens (tertiary/aromatic N) is 4. The van der Waals surface area contributed by atoms with Gasteiger partial charge >= 0.3 is 0 Å². The Morgan fingerprint density at radius 2 is 1.58 bits per heavy atom. The molecular formula is C15H16Cl6N4O. The van der Waals surface area contributed by atoms with Gasteiger partial charge in [-0.2, -0.15) is 0 Å². The minimum Gasteiger partial charge on any atom is -0.411 e. The molecule has 0 aliphatic carbocycles. The van der Waals surface area contributed by atoms with Crippen LogP contribution in [-0.2, 0) is 7.59 Å². The molecule has 1 aromatic rings. The van der Waals surface area contributed by atoms with E-state index in [4.69, 9.17) is 74.8 Å². The SMILES string of the molecule is C=C(CC(C)/C(=C\C)c1nc(C(Cl)(Cl)Cl)nc(C(Cl)(Cl)Cl)n1)/C(C)=N\O. The van der Waals surface area contributed by atoms with Crippen LogP contribution in [0.15, 0.2) is 23.4 Å². The molecule has 1 rings (SSSR count). The van der Waals surface area contributed by atoms with Crippen LogP contribution in [0, 0.1) is 5.92 Å². The molecular weight excluding hydrogens is 465 g/mol. The van der Waals surface area contributed by atoms with Crippen molar-refractivity contribution in [2.75, 3.05) is 0 Å². The van der Waals surface area contributed by atoms with Gasteiger partial charge in [0, 0.05) is 0 Å².